The Labute approximate surface area is 90.5 Å². The lowest BCUT2D eigenvalue weighted by Gasteiger charge is -2.07. The molecule has 0 bridgehead atoms. The van der Waals surface area contributed by atoms with Crippen molar-refractivity contribution in [2.45, 2.75) is 39.5 Å². The largest absolute Gasteiger partial charge is 0.294 e. The van der Waals surface area contributed by atoms with E-state index in [0.717, 1.165) is 29.8 Å². The number of hydrogen-bond acceptors (Lipinski definition) is 2. The summed E-state index contributed by atoms with van der Waals surface area (Å²) in [4.78, 5) is 12.2. The fourth-order valence-electron chi connectivity index (χ4n) is 2.52. The second-order valence-electron chi connectivity index (χ2n) is 4.52. The standard InChI is InChI=1S/C12H18N2O/c1-8-11(9(2)14(3)13-8)12(15)10-6-4-5-7-10/h10H,4-7H2,1-3H3. The Balaban J connectivity index is 2.32. The van der Waals surface area contributed by atoms with E-state index in [-0.39, 0.29) is 5.92 Å². The van der Waals surface area contributed by atoms with E-state index in [1.54, 1.807) is 4.68 Å². The summed E-state index contributed by atoms with van der Waals surface area (Å²) < 4.78 is 1.80. The molecule has 1 aromatic rings. The van der Waals surface area contributed by atoms with Gasteiger partial charge in [-0.05, 0) is 26.7 Å². The molecular formula is C12H18N2O. The van der Waals surface area contributed by atoms with E-state index in [9.17, 15) is 4.79 Å². The molecule has 1 fully saturated rings. The van der Waals surface area contributed by atoms with Crippen molar-refractivity contribution in [2.75, 3.05) is 0 Å². The minimum Gasteiger partial charge on any atom is -0.294 e. The molecule has 0 N–H and O–H groups in total. The van der Waals surface area contributed by atoms with E-state index in [4.69, 9.17) is 0 Å². The molecule has 3 heteroatoms. The molecule has 1 heterocycles. The van der Waals surface area contributed by atoms with Gasteiger partial charge in [0.2, 0.25) is 0 Å². The number of aryl methyl sites for hydroxylation is 2. The average Bonchev–Trinajstić information content (AvgIpc) is 2.76. The first kappa shape index (κ1) is 10.4. The van der Waals surface area contributed by atoms with Gasteiger partial charge in [0.15, 0.2) is 5.78 Å². The van der Waals surface area contributed by atoms with Crippen molar-refractivity contribution in [3.8, 4) is 0 Å². The summed E-state index contributed by atoms with van der Waals surface area (Å²) in [6, 6.07) is 0. The van der Waals surface area contributed by atoms with Crippen molar-refractivity contribution in [3.63, 3.8) is 0 Å². The number of rotatable bonds is 2. The van der Waals surface area contributed by atoms with Gasteiger partial charge >= 0.3 is 0 Å². The maximum Gasteiger partial charge on any atom is 0.169 e. The number of aromatic nitrogens is 2. The molecule has 1 aliphatic carbocycles. The van der Waals surface area contributed by atoms with Gasteiger partial charge in [0, 0.05) is 18.7 Å². The Morgan fingerprint density at radius 1 is 1.33 bits per heavy atom. The van der Waals surface area contributed by atoms with Crippen molar-refractivity contribution in [1.29, 1.82) is 0 Å². The van der Waals surface area contributed by atoms with Gasteiger partial charge < -0.3 is 0 Å². The van der Waals surface area contributed by atoms with Gasteiger partial charge in [-0.2, -0.15) is 5.10 Å². The van der Waals surface area contributed by atoms with Crippen molar-refractivity contribution in [2.24, 2.45) is 13.0 Å². The molecule has 3 nitrogen and oxygen atoms in total. The quantitative estimate of drug-likeness (QED) is 0.696. The molecule has 0 radical (unpaired) electrons. The summed E-state index contributed by atoms with van der Waals surface area (Å²) in [7, 11) is 1.90. The van der Waals surface area contributed by atoms with Gasteiger partial charge in [0.1, 0.15) is 0 Å². The second-order valence-corrected chi connectivity index (χ2v) is 4.52. The van der Waals surface area contributed by atoms with Gasteiger partial charge in [-0.15, -0.1) is 0 Å². The highest BCUT2D eigenvalue weighted by Crippen LogP contribution is 2.29. The summed E-state index contributed by atoms with van der Waals surface area (Å²) in [5.41, 5.74) is 2.75. The molecular weight excluding hydrogens is 188 g/mol. The SMILES string of the molecule is Cc1nn(C)c(C)c1C(=O)C1CCCC1. The average molecular weight is 206 g/mol. The van der Waals surface area contributed by atoms with Crippen LogP contribution in [0, 0.1) is 19.8 Å². The number of Topliss-reactive ketones (excluding diaryl/α,β-unsaturated/α-hetero) is 1. The zero-order valence-corrected chi connectivity index (χ0v) is 9.71. The van der Waals surface area contributed by atoms with Crippen LogP contribution >= 0.6 is 0 Å². The van der Waals surface area contributed by atoms with Gasteiger partial charge in [0.05, 0.1) is 11.3 Å². The Hall–Kier alpha value is -1.12. The van der Waals surface area contributed by atoms with Crippen LogP contribution in [-0.4, -0.2) is 15.6 Å². The fourth-order valence-corrected chi connectivity index (χ4v) is 2.52. The molecule has 1 aromatic heterocycles. The Morgan fingerprint density at radius 2 is 1.93 bits per heavy atom. The maximum absolute atomic E-state index is 12.2. The highest BCUT2D eigenvalue weighted by atomic mass is 16.1. The molecule has 0 spiro atoms. The van der Waals surface area contributed by atoms with Crippen molar-refractivity contribution < 1.29 is 4.79 Å². The lowest BCUT2D eigenvalue weighted by molar-refractivity contribution is 0.0921. The minimum absolute atomic E-state index is 0.256. The van der Waals surface area contributed by atoms with Gasteiger partial charge in [-0.1, -0.05) is 12.8 Å². The van der Waals surface area contributed by atoms with Crippen LogP contribution in [0.3, 0.4) is 0 Å². The lowest BCUT2D eigenvalue weighted by Crippen LogP contribution is -2.13. The molecule has 1 saturated carbocycles. The zero-order valence-electron chi connectivity index (χ0n) is 9.71. The molecule has 0 amide bonds. The number of carbonyl (C=O) groups is 1. The van der Waals surface area contributed by atoms with Gasteiger partial charge in [-0.25, -0.2) is 0 Å². The first-order valence-corrected chi connectivity index (χ1v) is 5.65. The molecule has 0 saturated heterocycles. The molecule has 0 atom stereocenters. The summed E-state index contributed by atoms with van der Waals surface area (Å²) in [5, 5.41) is 4.30. The number of hydrogen-bond donors (Lipinski definition) is 0. The minimum atomic E-state index is 0.256. The number of nitrogens with zero attached hydrogens (tertiary/aromatic N) is 2. The Kier molecular flexibility index (Phi) is 2.63. The van der Waals surface area contributed by atoms with Crippen LogP contribution in [0.4, 0.5) is 0 Å². The number of carbonyl (C=O) groups excluding carboxylic acids is 1. The van der Waals surface area contributed by atoms with E-state index < -0.39 is 0 Å². The summed E-state index contributed by atoms with van der Waals surface area (Å²) >= 11 is 0. The summed E-state index contributed by atoms with van der Waals surface area (Å²) in [5.74, 6) is 0.571. The van der Waals surface area contributed by atoms with Crippen LogP contribution in [-0.2, 0) is 7.05 Å². The predicted octanol–water partition coefficient (Wildman–Crippen LogP) is 2.41. The van der Waals surface area contributed by atoms with Crippen LogP contribution in [0.25, 0.3) is 0 Å². The van der Waals surface area contributed by atoms with Crippen LogP contribution in [0.1, 0.15) is 47.4 Å². The van der Waals surface area contributed by atoms with Crippen LogP contribution in [0.15, 0.2) is 0 Å². The molecule has 0 unspecified atom stereocenters. The first-order chi connectivity index (χ1) is 7.11. The van der Waals surface area contributed by atoms with Crippen LogP contribution in [0.2, 0.25) is 0 Å². The lowest BCUT2D eigenvalue weighted by atomic mass is 9.95. The molecule has 0 aliphatic heterocycles. The molecule has 0 aromatic carbocycles. The highest BCUT2D eigenvalue weighted by Gasteiger charge is 2.27. The van der Waals surface area contributed by atoms with Crippen molar-refractivity contribution in [3.05, 3.63) is 17.0 Å². The van der Waals surface area contributed by atoms with Crippen LogP contribution in [0.5, 0.6) is 0 Å². The van der Waals surface area contributed by atoms with E-state index in [1.807, 2.05) is 20.9 Å². The third-order valence-electron chi connectivity index (χ3n) is 3.48. The van der Waals surface area contributed by atoms with E-state index in [0.29, 0.717) is 5.78 Å². The van der Waals surface area contributed by atoms with E-state index >= 15 is 0 Å². The number of ketones is 1. The molecule has 15 heavy (non-hydrogen) atoms. The van der Waals surface area contributed by atoms with Gasteiger partial charge in [-0.3, -0.25) is 9.48 Å². The zero-order chi connectivity index (χ0) is 11.0. The molecule has 82 valence electrons. The fraction of sp³-hybridized carbons (Fsp3) is 0.667. The van der Waals surface area contributed by atoms with Crippen molar-refractivity contribution >= 4 is 5.78 Å². The van der Waals surface area contributed by atoms with Gasteiger partial charge in [0.25, 0.3) is 0 Å². The Bertz CT molecular complexity index is 387. The molecule has 1 aliphatic rings. The highest BCUT2D eigenvalue weighted by molar-refractivity contribution is 5.99. The third-order valence-corrected chi connectivity index (χ3v) is 3.48. The smallest absolute Gasteiger partial charge is 0.169 e. The monoisotopic (exact) mass is 206 g/mol. The summed E-state index contributed by atoms with van der Waals surface area (Å²) in [6.07, 6.45) is 4.53. The van der Waals surface area contributed by atoms with Crippen molar-refractivity contribution in [1.82, 2.24) is 9.78 Å². The third kappa shape index (κ3) is 1.71. The maximum atomic E-state index is 12.2. The first-order valence-electron chi connectivity index (χ1n) is 5.65. The van der Waals surface area contributed by atoms with Crippen LogP contribution < -0.4 is 0 Å². The van der Waals surface area contributed by atoms with E-state index in [1.165, 1.54) is 12.8 Å². The normalized spacial score (nSPS) is 17.3. The predicted molar refractivity (Wildman–Crippen MR) is 59.0 cm³/mol. The second kappa shape index (κ2) is 3.80. The Morgan fingerprint density at radius 3 is 2.40 bits per heavy atom. The van der Waals surface area contributed by atoms with E-state index in [2.05, 4.69) is 5.10 Å². The summed E-state index contributed by atoms with van der Waals surface area (Å²) in [6.45, 7) is 3.90. The molecule has 2 rings (SSSR count). The topological polar surface area (TPSA) is 34.9 Å².